The summed E-state index contributed by atoms with van der Waals surface area (Å²) < 4.78 is 0. The number of hydrogen-bond acceptors (Lipinski definition) is 33. The molecule has 0 saturated heterocycles. The maximum absolute atomic E-state index is 9.90. The van der Waals surface area contributed by atoms with Gasteiger partial charge in [-0.3, -0.25) is 0 Å². The monoisotopic (exact) mass is 1000 g/mol. The summed E-state index contributed by atoms with van der Waals surface area (Å²) in [4.78, 5) is 59.1. The summed E-state index contributed by atoms with van der Waals surface area (Å²) in [5.74, 6) is 0. The van der Waals surface area contributed by atoms with Crippen LogP contribution in [0.1, 0.15) is 6.92 Å². The molecule has 27 N–H and O–H groups in total. The fourth-order valence-electron chi connectivity index (χ4n) is 3.25. The van der Waals surface area contributed by atoms with Crippen molar-refractivity contribution in [1.29, 1.82) is 0 Å². The van der Waals surface area contributed by atoms with E-state index in [2.05, 4.69) is 0 Å². The SMILES string of the molecule is C[C@H](O)[C@H](O)[C@@H](O)[C@@H](O)C=O.O=C[C@@H](O)[C@@H](O)[C@H](O)[C@H](O)CO.O=C[C@@H](O)[C@H](O)[C@H](O)CO.O=C[C@H](O)[C@@H](O)[C@@H](O)[C@H](O)CO.O=C[C@H](O)[C@@H](O)[C@H](O)CO.O=C[C@H](O)[C@@H](O)[C@H](O)[C@H](O)CO. The van der Waals surface area contributed by atoms with Gasteiger partial charge in [-0.2, -0.15) is 0 Å². The van der Waals surface area contributed by atoms with Crippen LogP contribution in [0.25, 0.3) is 0 Å². The van der Waals surface area contributed by atoms with Crippen LogP contribution in [0.5, 0.6) is 0 Å². The van der Waals surface area contributed by atoms with Gasteiger partial charge in [-0.05, 0) is 6.92 Å². The Morgan fingerprint density at radius 1 is 0.239 bits per heavy atom. The van der Waals surface area contributed by atoms with E-state index >= 15 is 0 Å². The summed E-state index contributed by atoms with van der Waals surface area (Å²) in [6.07, 6.45) is -35.7. The smallest absolute Gasteiger partial charge is 0.151 e. The highest BCUT2D eigenvalue weighted by atomic mass is 16.4. The number of carbonyl (C=O) groups excluding carboxylic acids is 6. The highest BCUT2D eigenvalue weighted by Gasteiger charge is 2.32. The van der Waals surface area contributed by atoms with E-state index in [9.17, 15) is 28.8 Å². The number of aliphatic hydroxyl groups excluding tert-OH is 27. The second kappa shape index (κ2) is 44.2. The third-order valence-corrected chi connectivity index (χ3v) is 7.74. The molecule has 33 nitrogen and oxygen atoms in total. The first-order valence-corrected chi connectivity index (χ1v) is 18.6. The minimum Gasteiger partial charge on any atom is -0.394 e. The maximum atomic E-state index is 9.90. The van der Waals surface area contributed by atoms with Gasteiger partial charge in [0.15, 0.2) is 37.7 Å². The number of rotatable bonds is 27. The van der Waals surface area contributed by atoms with Crippen molar-refractivity contribution in [2.24, 2.45) is 0 Å². The van der Waals surface area contributed by atoms with Gasteiger partial charge < -0.3 is 167 Å². The quantitative estimate of drug-likeness (QED) is 0.0340. The van der Waals surface area contributed by atoms with E-state index < -0.39 is 167 Å². The van der Waals surface area contributed by atoms with Crippen molar-refractivity contribution in [1.82, 2.24) is 0 Å². The summed E-state index contributed by atoms with van der Waals surface area (Å²) in [6.45, 7) is -2.42. The largest absolute Gasteiger partial charge is 0.394 e. The van der Waals surface area contributed by atoms with Crippen LogP contribution in [0.4, 0.5) is 0 Å². The van der Waals surface area contributed by atoms with Crippen LogP contribution in [0.2, 0.25) is 0 Å². The summed E-state index contributed by atoms with van der Waals surface area (Å²) in [6, 6.07) is 0. The Bertz CT molecular complexity index is 1100. The molecule has 0 aliphatic heterocycles. The minimum absolute atomic E-state index is 0.0258. The molecular weight excluding hydrogens is 936 g/mol. The van der Waals surface area contributed by atoms with E-state index in [1.54, 1.807) is 0 Å². The molecule has 22 atom stereocenters. The third-order valence-electron chi connectivity index (χ3n) is 7.74. The molecule has 67 heavy (non-hydrogen) atoms. The van der Waals surface area contributed by atoms with Gasteiger partial charge in [0.25, 0.3) is 0 Å². The molecule has 0 aromatic carbocycles. The average Bonchev–Trinajstić information content (AvgIpc) is 3.36. The molecule has 0 aromatic rings. The van der Waals surface area contributed by atoms with Gasteiger partial charge in [0, 0.05) is 0 Å². The molecule has 0 spiro atoms. The lowest BCUT2D eigenvalue weighted by molar-refractivity contribution is -0.136. The standard InChI is InChI=1S/3C6H12O6.C6H12O5.2C5H10O5/c3*7-1-3(9)5(11)6(12)4(10)2-8;1-3(8)5(10)6(11)4(9)2-7;2*6-1-3(8)5(10)4(9)2-7/h3*1,3-6,8-12H,2H2;2-6,8-11H,1H3;2*1,3-5,7-10H,2H2/t3-,4+,5+,6+;3-,4+,5+,6-;2*3-,4-,5-,6-;3-,4+,5+;3-,4-,5+/m001001/s1. The Labute approximate surface area is 378 Å². The van der Waals surface area contributed by atoms with Crippen LogP contribution in [-0.4, -0.2) is 343 Å². The first-order valence-electron chi connectivity index (χ1n) is 18.6. The minimum atomic E-state index is -1.79. The van der Waals surface area contributed by atoms with Crippen LogP contribution in [0, 0.1) is 0 Å². The summed E-state index contributed by atoms with van der Waals surface area (Å²) in [5, 5.41) is 234. The van der Waals surface area contributed by atoms with E-state index in [0.29, 0.717) is 0 Å². The zero-order valence-corrected chi connectivity index (χ0v) is 35.2. The Balaban J connectivity index is -0.000000167. The second-order valence-electron chi connectivity index (χ2n) is 13.2. The molecule has 0 unspecified atom stereocenters. The lowest BCUT2D eigenvalue weighted by Crippen LogP contribution is -2.46. The molecule has 0 bridgehead atoms. The molecule has 0 heterocycles. The molecule has 0 saturated carbocycles. The van der Waals surface area contributed by atoms with E-state index in [0.717, 1.165) is 0 Å². The molecule has 0 amide bonds. The van der Waals surface area contributed by atoms with Gasteiger partial charge in [0.1, 0.15) is 128 Å². The van der Waals surface area contributed by atoms with Crippen molar-refractivity contribution < 1.29 is 167 Å². The molecule has 0 aliphatic rings. The van der Waals surface area contributed by atoms with Crippen LogP contribution < -0.4 is 0 Å². The number of hydrogen-bond donors (Lipinski definition) is 27. The predicted octanol–water partition coefficient (Wildman–Crippen LogP) is -18.0. The van der Waals surface area contributed by atoms with Crippen LogP contribution in [0.3, 0.4) is 0 Å². The van der Waals surface area contributed by atoms with Crippen LogP contribution in [0.15, 0.2) is 0 Å². The van der Waals surface area contributed by atoms with E-state index in [4.69, 9.17) is 138 Å². The topological polar surface area (TPSA) is 649 Å². The van der Waals surface area contributed by atoms with Crippen molar-refractivity contribution >= 4 is 37.7 Å². The fourth-order valence-corrected chi connectivity index (χ4v) is 3.25. The Hall–Kier alpha value is -3.06. The molecule has 402 valence electrons. The summed E-state index contributed by atoms with van der Waals surface area (Å²) in [7, 11) is 0. The molecular formula is C34H68O33. The van der Waals surface area contributed by atoms with Gasteiger partial charge in [0.05, 0.1) is 39.1 Å². The van der Waals surface area contributed by atoms with E-state index in [1.165, 1.54) is 6.92 Å². The highest BCUT2D eigenvalue weighted by molar-refractivity contribution is 5.58. The fraction of sp³-hybridized carbons (Fsp3) is 0.824. The van der Waals surface area contributed by atoms with Crippen molar-refractivity contribution in [3.8, 4) is 0 Å². The van der Waals surface area contributed by atoms with Crippen molar-refractivity contribution in [3.63, 3.8) is 0 Å². The van der Waals surface area contributed by atoms with Crippen LogP contribution >= 0.6 is 0 Å². The molecule has 0 aromatic heterocycles. The molecule has 33 heteroatoms. The second-order valence-corrected chi connectivity index (χ2v) is 13.2. The zero-order chi connectivity index (χ0) is 54.5. The van der Waals surface area contributed by atoms with Gasteiger partial charge >= 0.3 is 0 Å². The maximum Gasteiger partial charge on any atom is 0.151 e. The van der Waals surface area contributed by atoms with Crippen molar-refractivity contribution in [2.75, 3.05) is 33.0 Å². The zero-order valence-electron chi connectivity index (χ0n) is 35.2. The normalized spacial score (nSPS) is 20.8. The third kappa shape index (κ3) is 34.0. The first kappa shape index (κ1) is 75.5. The highest BCUT2D eigenvalue weighted by Crippen LogP contribution is 2.06. The average molecular weight is 1000 g/mol. The number of aldehydes is 6. The summed E-state index contributed by atoms with van der Waals surface area (Å²) >= 11 is 0. The van der Waals surface area contributed by atoms with Gasteiger partial charge in [0.2, 0.25) is 0 Å². The lowest BCUT2D eigenvalue weighted by atomic mass is 10.0. The molecule has 0 rings (SSSR count). The molecule has 0 aliphatic carbocycles. The predicted molar refractivity (Wildman–Crippen MR) is 210 cm³/mol. The van der Waals surface area contributed by atoms with Gasteiger partial charge in [-0.25, -0.2) is 0 Å². The molecule has 0 fully saturated rings. The lowest BCUT2D eigenvalue weighted by Gasteiger charge is -2.22. The van der Waals surface area contributed by atoms with Crippen molar-refractivity contribution in [3.05, 3.63) is 0 Å². The number of aliphatic hydroxyl groups is 27. The van der Waals surface area contributed by atoms with Crippen molar-refractivity contribution in [2.45, 2.75) is 141 Å². The van der Waals surface area contributed by atoms with E-state index in [1.807, 2.05) is 0 Å². The van der Waals surface area contributed by atoms with E-state index in [-0.39, 0.29) is 37.7 Å². The van der Waals surface area contributed by atoms with Crippen LogP contribution in [-0.2, 0) is 28.8 Å². The summed E-state index contributed by atoms with van der Waals surface area (Å²) in [5.41, 5.74) is 0. The molecule has 0 radical (unpaired) electrons. The van der Waals surface area contributed by atoms with Gasteiger partial charge in [-0.1, -0.05) is 0 Å². The Morgan fingerprint density at radius 2 is 0.373 bits per heavy atom. The number of carbonyl (C=O) groups is 6. The van der Waals surface area contributed by atoms with Gasteiger partial charge in [-0.15, -0.1) is 0 Å². The first-order chi connectivity index (χ1) is 30.9. The Kier molecular flexibility index (Phi) is 49.7. The Morgan fingerprint density at radius 3 is 0.507 bits per heavy atom.